The van der Waals surface area contributed by atoms with E-state index < -0.39 is 0 Å². The number of nitrogens with two attached hydrogens (primary N) is 2. The number of nitrogens with one attached hydrogen (secondary N) is 1. The van der Waals surface area contributed by atoms with Crippen molar-refractivity contribution < 1.29 is 9.59 Å². The van der Waals surface area contributed by atoms with Gasteiger partial charge >= 0.3 is 0 Å². The molecule has 0 spiro atoms. The minimum absolute atomic E-state index is 0.207. The third kappa shape index (κ3) is 5.69. The lowest BCUT2D eigenvalue weighted by atomic mass is 10.2. The van der Waals surface area contributed by atoms with E-state index in [2.05, 4.69) is 5.32 Å². The first-order chi connectivity index (χ1) is 8.58. The zero-order valence-corrected chi connectivity index (χ0v) is 10.1. The van der Waals surface area contributed by atoms with Crippen LogP contribution in [0.1, 0.15) is 18.4 Å². The molecule has 0 unspecified atom stereocenters. The summed E-state index contributed by atoms with van der Waals surface area (Å²) in [4.78, 5) is 21.9. The van der Waals surface area contributed by atoms with Gasteiger partial charge in [-0.1, -0.05) is 12.1 Å². The molecule has 0 aliphatic carbocycles. The number of primary amides is 1. The highest BCUT2D eigenvalue weighted by molar-refractivity contribution is 5.91. The molecule has 0 radical (unpaired) electrons. The van der Waals surface area contributed by atoms with Gasteiger partial charge in [0.2, 0.25) is 11.8 Å². The first-order valence-corrected chi connectivity index (χ1v) is 5.67. The summed E-state index contributed by atoms with van der Waals surface area (Å²) >= 11 is 0. The summed E-state index contributed by atoms with van der Waals surface area (Å²) in [7, 11) is 0. The summed E-state index contributed by atoms with van der Waals surface area (Å²) in [5, 5.41) is 2.66. The van der Waals surface area contributed by atoms with Gasteiger partial charge in [-0.2, -0.15) is 0 Å². The maximum Gasteiger partial charge on any atom is 0.243 e. The van der Waals surface area contributed by atoms with E-state index in [-0.39, 0.29) is 18.2 Å². The zero-order valence-electron chi connectivity index (χ0n) is 10.1. The molecular weight excluding hydrogens is 230 g/mol. The van der Waals surface area contributed by atoms with E-state index in [1.165, 1.54) is 6.08 Å². The topological polar surface area (TPSA) is 98.2 Å². The van der Waals surface area contributed by atoms with Crippen LogP contribution < -0.4 is 16.8 Å². The molecule has 0 heterocycles. The van der Waals surface area contributed by atoms with Gasteiger partial charge in [-0.15, -0.1) is 0 Å². The quantitative estimate of drug-likeness (QED) is 0.391. The van der Waals surface area contributed by atoms with Crippen LogP contribution in [0.4, 0.5) is 5.69 Å². The van der Waals surface area contributed by atoms with Crippen molar-refractivity contribution in [3.63, 3.8) is 0 Å². The maximum absolute atomic E-state index is 11.4. The predicted octanol–water partition coefficient (Wildman–Crippen LogP) is 0.664. The normalized spacial score (nSPS) is 10.4. The highest BCUT2D eigenvalue weighted by Crippen LogP contribution is 2.07. The first-order valence-electron chi connectivity index (χ1n) is 5.67. The van der Waals surface area contributed by atoms with E-state index in [9.17, 15) is 9.59 Å². The van der Waals surface area contributed by atoms with E-state index in [0.29, 0.717) is 18.7 Å². The zero-order chi connectivity index (χ0) is 13.4. The lowest BCUT2D eigenvalue weighted by Gasteiger charge is -2.00. The Morgan fingerprint density at radius 1 is 1.33 bits per heavy atom. The molecule has 18 heavy (non-hydrogen) atoms. The summed E-state index contributed by atoms with van der Waals surface area (Å²) in [5.74, 6) is -0.568. The lowest BCUT2D eigenvalue weighted by Crippen LogP contribution is -2.23. The van der Waals surface area contributed by atoms with Crippen molar-refractivity contribution in [2.24, 2.45) is 5.73 Å². The number of rotatable bonds is 6. The van der Waals surface area contributed by atoms with Crippen LogP contribution in [-0.4, -0.2) is 18.4 Å². The molecule has 0 fully saturated rings. The third-order valence-corrected chi connectivity index (χ3v) is 2.24. The lowest BCUT2D eigenvalue weighted by molar-refractivity contribution is -0.119. The average molecular weight is 247 g/mol. The molecule has 2 amide bonds. The number of carbonyl (C=O) groups excluding carboxylic acids is 2. The summed E-state index contributed by atoms with van der Waals surface area (Å²) in [6.07, 6.45) is 3.94. The van der Waals surface area contributed by atoms with Gasteiger partial charge in [0.15, 0.2) is 0 Å². The van der Waals surface area contributed by atoms with Crippen molar-refractivity contribution in [3.05, 3.63) is 35.9 Å². The molecule has 1 aromatic rings. The number of carbonyl (C=O) groups is 2. The molecule has 0 saturated carbocycles. The Morgan fingerprint density at radius 3 is 2.78 bits per heavy atom. The summed E-state index contributed by atoms with van der Waals surface area (Å²) in [6.45, 7) is 0.434. The van der Waals surface area contributed by atoms with Gasteiger partial charge in [0, 0.05) is 24.7 Å². The van der Waals surface area contributed by atoms with Crippen molar-refractivity contribution in [1.29, 1.82) is 0 Å². The molecule has 5 heteroatoms. The van der Waals surface area contributed by atoms with Gasteiger partial charge in [0.25, 0.3) is 0 Å². The second-order valence-corrected chi connectivity index (χ2v) is 3.86. The van der Waals surface area contributed by atoms with Gasteiger partial charge in [0.05, 0.1) is 0 Å². The second-order valence-electron chi connectivity index (χ2n) is 3.86. The summed E-state index contributed by atoms with van der Waals surface area (Å²) < 4.78 is 0. The fourth-order valence-electron chi connectivity index (χ4n) is 1.37. The molecule has 0 aromatic heterocycles. The van der Waals surface area contributed by atoms with Crippen molar-refractivity contribution in [2.75, 3.05) is 12.3 Å². The summed E-state index contributed by atoms with van der Waals surface area (Å²) in [5.41, 5.74) is 12.1. The van der Waals surface area contributed by atoms with Gasteiger partial charge in [-0.05, 0) is 30.2 Å². The van der Waals surface area contributed by atoms with Crippen molar-refractivity contribution in [2.45, 2.75) is 12.8 Å². The minimum Gasteiger partial charge on any atom is -0.399 e. The van der Waals surface area contributed by atoms with Crippen molar-refractivity contribution in [3.8, 4) is 0 Å². The molecule has 0 aliphatic rings. The Bertz CT molecular complexity index is 455. The molecule has 96 valence electrons. The molecule has 5 nitrogen and oxygen atoms in total. The number of hydrogen-bond acceptors (Lipinski definition) is 3. The molecule has 0 aliphatic heterocycles. The van der Waals surface area contributed by atoms with Crippen LogP contribution in [0.15, 0.2) is 30.3 Å². The molecular formula is C13H17N3O2. The van der Waals surface area contributed by atoms with Crippen molar-refractivity contribution >= 4 is 23.6 Å². The highest BCUT2D eigenvalue weighted by Gasteiger charge is 1.97. The first kappa shape index (κ1) is 13.8. The molecule has 0 saturated heterocycles. The van der Waals surface area contributed by atoms with Crippen LogP contribution in [0.3, 0.4) is 0 Å². The van der Waals surface area contributed by atoms with Crippen LogP contribution in [-0.2, 0) is 9.59 Å². The van der Waals surface area contributed by atoms with Crippen LogP contribution >= 0.6 is 0 Å². The van der Waals surface area contributed by atoms with Crippen LogP contribution in [0.5, 0.6) is 0 Å². The summed E-state index contributed by atoms with van der Waals surface area (Å²) in [6, 6.07) is 7.23. The monoisotopic (exact) mass is 247 g/mol. The Balaban J connectivity index is 2.33. The van der Waals surface area contributed by atoms with Gasteiger partial charge in [0.1, 0.15) is 0 Å². The molecule has 1 aromatic carbocycles. The largest absolute Gasteiger partial charge is 0.399 e. The standard InChI is InChI=1S/C13H17N3O2/c14-11-4-1-3-10(9-11)6-7-13(18)16-8-2-5-12(15)17/h1,3-4,6-7,9H,2,5,8,14H2,(H2,15,17)(H,16,18)/b7-6+. The highest BCUT2D eigenvalue weighted by atomic mass is 16.1. The van der Waals surface area contributed by atoms with E-state index in [1.54, 1.807) is 18.2 Å². The van der Waals surface area contributed by atoms with Gasteiger partial charge in [-0.25, -0.2) is 0 Å². The number of benzene rings is 1. The maximum atomic E-state index is 11.4. The predicted molar refractivity (Wildman–Crippen MR) is 71.3 cm³/mol. The average Bonchev–Trinajstić information content (AvgIpc) is 2.32. The van der Waals surface area contributed by atoms with Crippen molar-refractivity contribution in [1.82, 2.24) is 5.32 Å². The smallest absolute Gasteiger partial charge is 0.243 e. The van der Waals surface area contributed by atoms with Crippen LogP contribution in [0, 0.1) is 0 Å². The number of amides is 2. The van der Waals surface area contributed by atoms with Crippen LogP contribution in [0.2, 0.25) is 0 Å². The molecule has 1 rings (SSSR count). The van der Waals surface area contributed by atoms with E-state index in [1.807, 2.05) is 12.1 Å². The Hall–Kier alpha value is -2.30. The fraction of sp³-hybridized carbons (Fsp3) is 0.231. The minimum atomic E-state index is -0.362. The fourth-order valence-corrected chi connectivity index (χ4v) is 1.37. The third-order valence-electron chi connectivity index (χ3n) is 2.24. The van der Waals surface area contributed by atoms with E-state index in [4.69, 9.17) is 11.5 Å². The molecule has 0 bridgehead atoms. The second kappa shape index (κ2) is 7.11. The van der Waals surface area contributed by atoms with E-state index in [0.717, 1.165) is 5.56 Å². The van der Waals surface area contributed by atoms with Crippen LogP contribution in [0.25, 0.3) is 6.08 Å². The molecule has 5 N–H and O–H groups in total. The SMILES string of the molecule is NC(=O)CCCNC(=O)/C=C/c1cccc(N)c1. The Labute approximate surface area is 106 Å². The molecule has 0 atom stereocenters. The van der Waals surface area contributed by atoms with Gasteiger partial charge in [-0.3, -0.25) is 9.59 Å². The number of hydrogen-bond donors (Lipinski definition) is 3. The Morgan fingerprint density at radius 2 is 2.11 bits per heavy atom. The Kier molecular flexibility index (Phi) is 5.44. The van der Waals surface area contributed by atoms with Gasteiger partial charge < -0.3 is 16.8 Å². The number of anilines is 1. The number of nitrogen functional groups attached to an aromatic ring is 1. The van der Waals surface area contributed by atoms with E-state index >= 15 is 0 Å².